The van der Waals surface area contributed by atoms with Crippen LogP contribution in [0.3, 0.4) is 0 Å². The summed E-state index contributed by atoms with van der Waals surface area (Å²) in [4.78, 5) is 20.9. The lowest BCUT2D eigenvalue weighted by Gasteiger charge is -2.37. The van der Waals surface area contributed by atoms with Crippen molar-refractivity contribution in [2.75, 3.05) is 33.3 Å². The van der Waals surface area contributed by atoms with Gasteiger partial charge >= 0.3 is 11.9 Å². The van der Waals surface area contributed by atoms with E-state index in [4.69, 9.17) is 24.5 Å². The molecule has 0 bridgehead atoms. The first-order valence-electron chi connectivity index (χ1n) is 10.5. The van der Waals surface area contributed by atoms with Gasteiger partial charge in [-0.2, -0.15) is 4.31 Å². The summed E-state index contributed by atoms with van der Waals surface area (Å²) in [5, 5.41) is 14.8. The fourth-order valence-electron chi connectivity index (χ4n) is 3.48. The Kier molecular flexibility index (Phi) is 9.83. The molecular formula is C23H30N2O7S. The number of aryl methyl sites for hydroxylation is 1. The lowest BCUT2D eigenvalue weighted by atomic mass is 10.0. The van der Waals surface area contributed by atoms with Gasteiger partial charge in [-0.05, 0) is 49.6 Å². The maximum atomic E-state index is 12.8. The van der Waals surface area contributed by atoms with E-state index in [-0.39, 0.29) is 0 Å². The van der Waals surface area contributed by atoms with Gasteiger partial charge in [0, 0.05) is 32.2 Å². The van der Waals surface area contributed by atoms with Crippen molar-refractivity contribution in [1.29, 1.82) is 0 Å². The topological polar surface area (TPSA) is 124 Å². The highest BCUT2D eigenvalue weighted by molar-refractivity contribution is 7.89. The number of hydrogen-bond donors (Lipinski definition) is 2. The fraction of sp³-hybridized carbons (Fsp3) is 0.391. The van der Waals surface area contributed by atoms with E-state index in [2.05, 4.69) is 36.1 Å². The number of hydrogen-bond acceptors (Lipinski definition) is 6. The van der Waals surface area contributed by atoms with Crippen LogP contribution >= 0.6 is 0 Å². The molecule has 0 aliphatic carbocycles. The summed E-state index contributed by atoms with van der Waals surface area (Å²) in [5.41, 5.74) is 1.35. The second kappa shape index (κ2) is 12.3. The Morgan fingerprint density at radius 1 is 0.939 bits per heavy atom. The number of ether oxygens (including phenoxy) is 1. The monoisotopic (exact) mass is 478 g/mol. The van der Waals surface area contributed by atoms with Crippen molar-refractivity contribution in [1.82, 2.24) is 9.21 Å². The van der Waals surface area contributed by atoms with E-state index in [0.717, 1.165) is 25.9 Å². The van der Waals surface area contributed by atoms with Crippen LogP contribution in [0.25, 0.3) is 0 Å². The van der Waals surface area contributed by atoms with Crippen LogP contribution in [0.15, 0.2) is 59.5 Å². The van der Waals surface area contributed by atoms with E-state index in [1.165, 1.54) is 5.56 Å². The molecule has 2 N–H and O–H groups in total. The zero-order chi connectivity index (χ0) is 24.4. The number of piperazine rings is 1. The third kappa shape index (κ3) is 7.85. The summed E-state index contributed by atoms with van der Waals surface area (Å²) in [6, 6.07) is 17.5. The van der Waals surface area contributed by atoms with Crippen LogP contribution in [0.5, 0.6) is 5.75 Å². The Morgan fingerprint density at radius 3 is 1.97 bits per heavy atom. The average molecular weight is 479 g/mol. The minimum Gasteiger partial charge on any atom is -0.497 e. The quantitative estimate of drug-likeness (QED) is 0.580. The van der Waals surface area contributed by atoms with Crippen LogP contribution in [0.1, 0.15) is 18.9 Å². The normalized spacial score (nSPS) is 15.7. The molecule has 0 saturated carbocycles. The van der Waals surface area contributed by atoms with Gasteiger partial charge in [-0.15, -0.1) is 0 Å². The van der Waals surface area contributed by atoms with Crippen LogP contribution in [-0.2, 0) is 26.0 Å². The second-order valence-corrected chi connectivity index (χ2v) is 9.54. The Morgan fingerprint density at radius 2 is 1.48 bits per heavy atom. The molecule has 1 unspecified atom stereocenters. The van der Waals surface area contributed by atoms with Crippen LogP contribution in [-0.4, -0.2) is 79.1 Å². The minimum atomic E-state index is -3.44. The SMILES string of the molecule is COc1ccc(S(=O)(=O)N2CCN(C(C)CCc3ccccc3)CC2)cc1.O=C(O)C(=O)O. The fourth-order valence-corrected chi connectivity index (χ4v) is 4.91. The molecule has 3 rings (SSSR count). The maximum absolute atomic E-state index is 12.8. The van der Waals surface area contributed by atoms with E-state index in [1.807, 2.05) is 6.07 Å². The summed E-state index contributed by atoms with van der Waals surface area (Å²) in [6.07, 6.45) is 2.13. The van der Waals surface area contributed by atoms with Gasteiger partial charge in [0.25, 0.3) is 0 Å². The Hall–Kier alpha value is -2.95. The van der Waals surface area contributed by atoms with Crippen molar-refractivity contribution in [2.24, 2.45) is 0 Å². The molecule has 0 spiro atoms. The third-order valence-corrected chi connectivity index (χ3v) is 7.38. The molecule has 1 fully saturated rings. The van der Waals surface area contributed by atoms with Crippen molar-refractivity contribution in [3.8, 4) is 5.75 Å². The first kappa shape index (κ1) is 26.3. The molecule has 9 nitrogen and oxygen atoms in total. The Labute approximate surface area is 194 Å². The van der Waals surface area contributed by atoms with Gasteiger partial charge in [-0.1, -0.05) is 30.3 Å². The number of nitrogens with zero attached hydrogens (tertiary/aromatic N) is 2. The molecule has 2 aromatic rings. The number of methoxy groups -OCH3 is 1. The molecule has 10 heteroatoms. The number of aliphatic carboxylic acids is 2. The largest absolute Gasteiger partial charge is 0.497 e. The lowest BCUT2D eigenvalue weighted by Crippen LogP contribution is -2.51. The Balaban J connectivity index is 0.000000569. The number of carboxylic acids is 2. The molecule has 1 atom stereocenters. The van der Waals surface area contributed by atoms with Gasteiger partial charge in [0.15, 0.2) is 0 Å². The van der Waals surface area contributed by atoms with Crippen LogP contribution in [0.2, 0.25) is 0 Å². The van der Waals surface area contributed by atoms with E-state index in [9.17, 15) is 8.42 Å². The molecule has 1 aliphatic rings. The lowest BCUT2D eigenvalue weighted by molar-refractivity contribution is -0.159. The van der Waals surface area contributed by atoms with Gasteiger partial charge in [-0.25, -0.2) is 18.0 Å². The van der Waals surface area contributed by atoms with Gasteiger partial charge in [-0.3, -0.25) is 4.90 Å². The molecule has 2 aromatic carbocycles. The van der Waals surface area contributed by atoms with Crippen LogP contribution < -0.4 is 4.74 Å². The van der Waals surface area contributed by atoms with Crippen molar-refractivity contribution in [3.63, 3.8) is 0 Å². The van der Waals surface area contributed by atoms with Crippen LogP contribution in [0, 0.1) is 0 Å². The zero-order valence-electron chi connectivity index (χ0n) is 18.8. The molecule has 0 amide bonds. The summed E-state index contributed by atoms with van der Waals surface area (Å²) >= 11 is 0. The number of rotatable bonds is 7. The van der Waals surface area contributed by atoms with Crippen molar-refractivity contribution >= 4 is 22.0 Å². The first-order chi connectivity index (χ1) is 15.6. The highest BCUT2D eigenvalue weighted by Crippen LogP contribution is 2.21. The van der Waals surface area contributed by atoms with E-state index in [0.29, 0.717) is 29.8 Å². The molecule has 33 heavy (non-hydrogen) atoms. The minimum absolute atomic E-state index is 0.328. The zero-order valence-corrected chi connectivity index (χ0v) is 19.6. The Bertz CT molecular complexity index is 991. The van der Waals surface area contributed by atoms with E-state index < -0.39 is 22.0 Å². The van der Waals surface area contributed by atoms with Gasteiger partial charge in [0.05, 0.1) is 12.0 Å². The molecule has 1 saturated heterocycles. The predicted molar refractivity (Wildman–Crippen MR) is 123 cm³/mol. The molecule has 0 aromatic heterocycles. The average Bonchev–Trinajstić information content (AvgIpc) is 2.83. The number of carbonyl (C=O) groups is 2. The smallest absolute Gasteiger partial charge is 0.414 e. The van der Waals surface area contributed by atoms with E-state index >= 15 is 0 Å². The number of benzene rings is 2. The number of sulfonamides is 1. The van der Waals surface area contributed by atoms with Crippen molar-refractivity contribution in [2.45, 2.75) is 30.7 Å². The van der Waals surface area contributed by atoms with Gasteiger partial charge in [0.1, 0.15) is 5.75 Å². The summed E-state index contributed by atoms with van der Waals surface area (Å²) < 4.78 is 32.4. The summed E-state index contributed by atoms with van der Waals surface area (Å²) in [6.45, 7) is 4.83. The number of carboxylic acid groups (broad SMARTS) is 2. The standard InChI is InChI=1S/C21H28N2O3S.C2H2O4/c1-18(8-9-19-6-4-3-5-7-19)22-14-16-23(17-15-22)27(24,25)21-12-10-20(26-2)11-13-21;3-1(4)2(5)6/h3-7,10-13,18H,8-9,14-17H2,1-2H3;(H,3,4)(H,5,6). The molecule has 1 heterocycles. The highest BCUT2D eigenvalue weighted by Gasteiger charge is 2.29. The van der Waals surface area contributed by atoms with Gasteiger partial charge in [0.2, 0.25) is 10.0 Å². The summed E-state index contributed by atoms with van der Waals surface area (Å²) in [7, 11) is -1.87. The van der Waals surface area contributed by atoms with E-state index in [1.54, 1.807) is 35.7 Å². The molecule has 1 aliphatic heterocycles. The molecule has 180 valence electrons. The highest BCUT2D eigenvalue weighted by atomic mass is 32.2. The molecule has 0 radical (unpaired) electrons. The first-order valence-corrected chi connectivity index (χ1v) is 12.0. The molecular weight excluding hydrogens is 448 g/mol. The van der Waals surface area contributed by atoms with Crippen molar-refractivity contribution in [3.05, 3.63) is 60.2 Å². The maximum Gasteiger partial charge on any atom is 0.414 e. The van der Waals surface area contributed by atoms with Crippen molar-refractivity contribution < 1.29 is 33.0 Å². The van der Waals surface area contributed by atoms with Crippen LogP contribution in [0.4, 0.5) is 0 Å². The van der Waals surface area contributed by atoms with Gasteiger partial charge < -0.3 is 14.9 Å². The third-order valence-electron chi connectivity index (χ3n) is 5.47. The second-order valence-electron chi connectivity index (χ2n) is 7.60. The predicted octanol–water partition coefficient (Wildman–Crippen LogP) is 2.18. The summed E-state index contributed by atoms with van der Waals surface area (Å²) in [5.74, 6) is -2.99.